The summed E-state index contributed by atoms with van der Waals surface area (Å²) >= 11 is 15.6. The van der Waals surface area contributed by atoms with Crippen LogP contribution >= 0.6 is 51.5 Å². The van der Waals surface area contributed by atoms with Crippen LogP contribution in [0.1, 0.15) is 11.1 Å². The van der Waals surface area contributed by atoms with Gasteiger partial charge in [-0.05, 0) is 42.0 Å². The van der Waals surface area contributed by atoms with Crippen molar-refractivity contribution in [1.29, 1.82) is 0 Å². The lowest BCUT2D eigenvalue weighted by atomic mass is 10.2. The van der Waals surface area contributed by atoms with E-state index in [0.717, 1.165) is 15.6 Å². The average Bonchev–Trinajstić information content (AvgIpc) is 2.86. The molecule has 2 aromatic rings. The molecule has 1 saturated heterocycles. The van der Waals surface area contributed by atoms with Gasteiger partial charge in [0.1, 0.15) is 16.7 Å². The Balaban J connectivity index is 1.83. The van der Waals surface area contributed by atoms with Gasteiger partial charge in [0.15, 0.2) is 0 Å². The quantitative estimate of drug-likeness (QED) is 0.526. The van der Waals surface area contributed by atoms with Crippen molar-refractivity contribution in [2.24, 2.45) is 0 Å². The molecular formula is C17H11BrClNO2S2. The number of thiocarbonyl (C=S) groups is 1. The van der Waals surface area contributed by atoms with Crippen molar-refractivity contribution < 1.29 is 9.53 Å². The Hall–Kier alpha value is -1.34. The summed E-state index contributed by atoms with van der Waals surface area (Å²) in [4.78, 5) is 12.4. The summed E-state index contributed by atoms with van der Waals surface area (Å²) < 4.78 is 7.27. The molecule has 0 spiro atoms. The van der Waals surface area contributed by atoms with E-state index in [2.05, 4.69) is 21.2 Å². The first kappa shape index (κ1) is 17.5. The minimum atomic E-state index is -0.186. The van der Waals surface area contributed by atoms with E-state index in [-0.39, 0.29) is 5.91 Å². The minimum absolute atomic E-state index is 0.186. The highest BCUT2D eigenvalue weighted by molar-refractivity contribution is 9.10. The Labute approximate surface area is 162 Å². The van der Waals surface area contributed by atoms with Crippen molar-refractivity contribution in [1.82, 2.24) is 5.32 Å². The van der Waals surface area contributed by atoms with Crippen LogP contribution in [0.3, 0.4) is 0 Å². The van der Waals surface area contributed by atoms with Gasteiger partial charge < -0.3 is 10.1 Å². The van der Waals surface area contributed by atoms with Crippen molar-refractivity contribution >= 4 is 67.8 Å². The average molecular weight is 441 g/mol. The molecule has 3 rings (SSSR count). The number of carbonyl (C=O) groups is 1. The maximum absolute atomic E-state index is 11.8. The zero-order chi connectivity index (χ0) is 17.1. The summed E-state index contributed by atoms with van der Waals surface area (Å²) in [5.74, 6) is 0.500. The number of ether oxygens (including phenoxy) is 1. The fraction of sp³-hybridized carbons (Fsp3) is 0.0588. The van der Waals surface area contributed by atoms with E-state index in [9.17, 15) is 4.79 Å². The van der Waals surface area contributed by atoms with Crippen LogP contribution < -0.4 is 10.1 Å². The number of hydrogen-bond donors (Lipinski definition) is 1. The summed E-state index contributed by atoms with van der Waals surface area (Å²) in [5.41, 5.74) is 1.82. The molecule has 0 aliphatic carbocycles. The lowest BCUT2D eigenvalue weighted by molar-refractivity contribution is -0.115. The molecule has 2 aromatic carbocycles. The molecule has 7 heteroatoms. The first-order valence-electron chi connectivity index (χ1n) is 6.93. The maximum atomic E-state index is 11.8. The first-order chi connectivity index (χ1) is 11.5. The number of thioether (sulfide) groups is 1. The molecule has 1 heterocycles. The molecule has 24 heavy (non-hydrogen) atoms. The second-order valence-electron chi connectivity index (χ2n) is 4.95. The second-order valence-corrected chi connectivity index (χ2v) is 8.02. The topological polar surface area (TPSA) is 38.3 Å². The van der Waals surface area contributed by atoms with Crippen molar-refractivity contribution in [3.63, 3.8) is 0 Å². The Morgan fingerprint density at radius 1 is 1.25 bits per heavy atom. The summed E-state index contributed by atoms with van der Waals surface area (Å²) in [6.07, 6.45) is 1.78. The van der Waals surface area contributed by atoms with Crippen molar-refractivity contribution in [2.45, 2.75) is 6.61 Å². The predicted molar refractivity (Wildman–Crippen MR) is 106 cm³/mol. The van der Waals surface area contributed by atoms with Crippen LogP contribution in [0.2, 0.25) is 5.02 Å². The van der Waals surface area contributed by atoms with Crippen molar-refractivity contribution in [3.05, 3.63) is 68.0 Å². The van der Waals surface area contributed by atoms with Crippen LogP contribution in [0.4, 0.5) is 0 Å². The van der Waals surface area contributed by atoms with Gasteiger partial charge in [0.05, 0.1) is 4.91 Å². The molecule has 0 radical (unpaired) electrons. The van der Waals surface area contributed by atoms with Crippen molar-refractivity contribution in [3.8, 4) is 5.75 Å². The minimum Gasteiger partial charge on any atom is -0.488 e. The molecule has 0 atom stereocenters. The SMILES string of the molecule is O=C1NC(=S)SC1=Cc1cc(Br)ccc1OCc1ccc(Cl)cc1. The summed E-state index contributed by atoms with van der Waals surface area (Å²) in [5, 5.41) is 3.29. The fourth-order valence-electron chi connectivity index (χ4n) is 2.07. The Bertz CT molecular complexity index is 837. The lowest BCUT2D eigenvalue weighted by Crippen LogP contribution is -2.17. The number of carbonyl (C=O) groups excluding carboxylic acids is 1. The largest absolute Gasteiger partial charge is 0.488 e. The van der Waals surface area contributed by atoms with Crippen LogP contribution in [-0.2, 0) is 11.4 Å². The number of amides is 1. The molecule has 0 saturated carbocycles. The number of hydrogen-bond acceptors (Lipinski definition) is 4. The normalized spacial score (nSPS) is 15.7. The van der Waals surface area contributed by atoms with E-state index in [1.54, 1.807) is 6.08 Å². The van der Waals surface area contributed by atoms with Gasteiger partial charge in [-0.15, -0.1) is 0 Å². The highest BCUT2D eigenvalue weighted by Crippen LogP contribution is 2.31. The molecule has 1 aliphatic rings. The third-order valence-electron chi connectivity index (χ3n) is 3.21. The van der Waals surface area contributed by atoms with Gasteiger partial charge >= 0.3 is 0 Å². The Morgan fingerprint density at radius 2 is 2.00 bits per heavy atom. The molecule has 122 valence electrons. The zero-order valence-electron chi connectivity index (χ0n) is 12.2. The molecule has 0 unspecified atom stereocenters. The van der Waals surface area contributed by atoms with Gasteiger partial charge in [-0.2, -0.15) is 0 Å². The first-order valence-corrected chi connectivity index (χ1v) is 9.32. The lowest BCUT2D eigenvalue weighted by Gasteiger charge is -2.10. The van der Waals surface area contributed by atoms with E-state index in [4.69, 9.17) is 28.6 Å². The predicted octanol–water partition coefficient (Wildman–Crippen LogP) is 5.17. The summed E-state index contributed by atoms with van der Waals surface area (Å²) in [6.45, 7) is 0.409. The van der Waals surface area contributed by atoms with E-state index in [1.807, 2.05) is 42.5 Å². The van der Waals surface area contributed by atoms with E-state index in [1.165, 1.54) is 11.8 Å². The molecular weight excluding hydrogens is 430 g/mol. The number of halogens is 2. The Kier molecular flexibility index (Phi) is 5.61. The molecule has 1 aliphatic heterocycles. The highest BCUT2D eigenvalue weighted by atomic mass is 79.9. The highest BCUT2D eigenvalue weighted by Gasteiger charge is 2.22. The molecule has 0 bridgehead atoms. The van der Waals surface area contributed by atoms with Crippen LogP contribution in [-0.4, -0.2) is 10.2 Å². The maximum Gasteiger partial charge on any atom is 0.263 e. The standard InChI is InChI=1S/C17H11BrClNO2S2/c18-12-3-6-14(22-9-10-1-4-13(19)5-2-10)11(7-12)8-15-16(21)20-17(23)24-15/h1-8H,9H2,(H,20,21,23). The molecule has 3 nitrogen and oxygen atoms in total. The van der Waals surface area contributed by atoms with Gasteiger partial charge in [-0.3, -0.25) is 4.79 Å². The van der Waals surface area contributed by atoms with Crippen LogP contribution in [0.15, 0.2) is 51.8 Å². The number of nitrogens with one attached hydrogen (secondary N) is 1. The molecule has 1 amide bonds. The van der Waals surface area contributed by atoms with Crippen LogP contribution in [0, 0.1) is 0 Å². The third-order valence-corrected chi connectivity index (χ3v) is 5.12. The van der Waals surface area contributed by atoms with E-state index < -0.39 is 0 Å². The van der Waals surface area contributed by atoms with Gasteiger partial charge in [-0.25, -0.2) is 0 Å². The van der Waals surface area contributed by atoms with Gasteiger partial charge in [-0.1, -0.05) is 63.6 Å². The summed E-state index contributed by atoms with van der Waals surface area (Å²) in [6, 6.07) is 13.1. The second kappa shape index (κ2) is 7.70. The molecule has 0 aromatic heterocycles. The smallest absolute Gasteiger partial charge is 0.263 e. The number of rotatable bonds is 4. The fourth-order valence-corrected chi connectivity index (χ4v) is 3.61. The van der Waals surface area contributed by atoms with E-state index in [0.29, 0.717) is 26.6 Å². The Morgan fingerprint density at radius 3 is 2.67 bits per heavy atom. The van der Waals surface area contributed by atoms with E-state index >= 15 is 0 Å². The van der Waals surface area contributed by atoms with Crippen LogP contribution in [0.5, 0.6) is 5.75 Å². The monoisotopic (exact) mass is 439 g/mol. The number of benzene rings is 2. The van der Waals surface area contributed by atoms with Gasteiger partial charge in [0, 0.05) is 15.1 Å². The van der Waals surface area contributed by atoms with Gasteiger partial charge in [0.25, 0.3) is 5.91 Å². The van der Waals surface area contributed by atoms with Crippen LogP contribution in [0.25, 0.3) is 6.08 Å². The third kappa shape index (κ3) is 4.39. The van der Waals surface area contributed by atoms with Crippen molar-refractivity contribution in [2.75, 3.05) is 0 Å². The summed E-state index contributed by atoms with van der Waals surface area (Å²) in [7, 11) is 0. The zero-order valence-corrected chi connectivity index (χ0v) is 16.2. The molecule has 1 N–H and O–H groups in total. The molecule has 1 fully saturated rings. The van der Waals surface area contributed by atoms with Gasteiger partial charge in [0.2, 0.25) is 0 Å².